The van der Waals surface area contributed by atoms with E-state index in [9.17, 15) is 9.59 Å². The number of halogens is 5. The van der Waals surface area contributed by atoms with Crippen molar-refractivity contribution in [3.63, 3.8) is 0 Å². The minimum atomic E-state index is -0.469. The second kappa shape index (κ2) is 19.8. The Bertz CT molecular complexity index is 2170. The normalized spacial score (nSPS) is 15.9. The molecule has 4 aliphatic heterocycles. The first-order valence-corrected chi connectivity index (χ1v) is 20.2. The molecule has 8 bridgehead atoms. The summed E-state index contributed by atoms with van der Waals surface area (Å²) in [6.45, 7) is 0.302. The van der Waals surface area contributed by atoms with E-state index in [0.717, 1.165) is 16.7 Å². The van der Waals surface area contributed by atoms with Crippen LogP contribution in [0.25, 0.3) is 6.08 Å². The first-order chi connectivity index (χ1) is 26.4. The van der Waals surface area contributed by atoms with Crippen molar-refractivity contribution in [3.8, 4) is 34.5 Å². The largest absolute Gasteiger partial charge is 0.492 e. The van der Waals surface area contributed by atoms with Crippen LogP contribution in [0.2, 0.25) is 0 Å². The molecule has 0 saturated carbocycles. The summed E-state index contributed by atoms with van der Waals surface area (Å²) in [6, 6.07) is 16.4. The summed E-state index contributed by atoms with van der Waals surface area (Å²) in [4.78, 5) is 36.8. The Morgan fingerprint density at radius 1 is 0.618 bits per heavy atom. The van der Waals surface area contributed by atoms with Gasteiger partial charge in [0.2, 0.25) is 0 Å². The number of rotatable bonds is 4. The molecule has 8 rings (SSSR count). The quantitative estimate of drug-likeness (QED) is 0.193. The van der Waals surface area contributed by atoms with Crippen molar-refractivity contribution in [2.45, 2.75) is 19.3 Å². The maximum absolute atomic E-state index is 13.4. The molecule has 4 aromatic rings. The van der Waals surface area contributed by atoms with Gasteiger partial charge in [-0.3, -0.25) is 9.59 Å². The lowest BCUT2D eigenvalue weighted by atomic mass is 10.1. The highest BCUT2D eigenvalue weighted by molar-refractivity contribution is 9.11. The fourth-order valence-electron chi connectivity index (χ4n) is 5.42. The van der Waals surface area contributed by atoms with E-state index < -0.39 is 5.91 Å². The van der Waals surface area contributed by atoms with Gasteiger partial charge in [-0.1, -0.05) is 16.4 Å². The van der Waals surface area contributed by atoms with E-state index in [1.54, 1.807) is 31.4 Å². The topological polar surface area (TPSA) is 138 Å². The number of hydrogen-bond acceptors (Lipinski definition) is 10. The number of ether oxygens (including phenoxy) is 4. The number of nitrogens with one attached hydrogen (secondary N) is 2. The maximum atomic E-state index is 13.4. The molecule has 0 aromatic heterocycles. The molecule has 4 aromatic carbocycles. The van der Waals surface area contributed by atoms with Gasteiger partial charge in [0.15, 0.2) is 28.7 Å². The Kier molecular flexibility index (Phi) is 15.2. The Labute approximate surface area is 359 Å². The van der Waals surface area contributed by atoms with Crippen molar-refractivity contribution in [1.29, 1.82) is 0 Å². The number of benzene rings is 4. The van der Waals surface area contributed by atoms with E-state index in [0.29, 0.717) is 75.4 Å². The van der Waals surface area contributed by atoms with Crippen LogP contribution in [-0.4, -0.2) is 58.2 Å². The molecule has 17 heteroatoms. The molecule has 0 atom stereocenters. The van der Waals surface area contributed by atoms with Crippen molar-refractivity contribution in [2.24, 2.45) is 10.3 Å². The Balaban J connectivity index is 1.54. The molecule has 12 nitrogen and oxygen atoms in total. The maximum Gasteiger partial charge on any atom is 0.273 e. The highest BCUT2D eigenvalue weighted by Gasteiger charge is 2.21. The van der Waals surface area contributed by atoms with Gasteiger partial charge in [0.05, 0.1) is 36.6 Å². The summed E-state index contributed by atoms with van der Waals surface area (Å²) < 4.78 is 27.1. The average molecular weight is 1070 g/mol. The molecule has 4 aliphatic rings. The first kappa shape index (κ1) is 42.2. The van der Waals surface area contributed by atoms with Gasteiger partial charge in [-0.25, -0.2) is 0 Å². The molecule has 55 heavy (non-hydrogen) atoms. The van der Waals surface area contributed by atoms with E-state index in [1.807, 2.05) is 36.4 Å². The third-order valence-corrected chi connectivity index (χ3v) is 10.8. The molecule has 2 N–H and O–H groups in total. The zero-order chi connectivity index (χ0) is 39.6. The molecule has 0 unspecified atom stereocenters. The van der Waals surface area contributed by atoms with Crippen molar-refractivity contribution < 1.29 is 38.2 Å². The number of carbonyl (C=O) groups excluding carboxylic acids is 2. The second-order valence-corrected chi connectivity index (χ2v) is 15.9. The average Bonchev–Trinajstić information content (AvgIpc) is 3.13. The predicted octanol–water partition coefficient (Wildman–Crippen LogP) is 9.65. The number of amides is 2. The van der Waals surface area contributed by atoms with E-state index in [-0.39, 0.29) is 30.2 Å². The van der Waals surface area contributed by atoms with Gasteiger partial charge in [0.25, 0.3) is 11.8 Å². The minimum absolute atomic E-state index is 0.0930. The number of carbonyl (C=O) groups is 2. The number of hydrogen-bond donors (Lipinski definition) is 2. The zero-order valence-electron chi connectivity index (χ0n) is 29.7. The van der Waals surface area contributed by atoms with Crippen LogP contribution in [0, 0.1) is 0 Å². The van der Waals surface area contributed by atoms with Gasteiger partial charge >= 0.3 is 0 Å². The van der Waals surface area contributed by atoms with Crippen molar-refractivity contribution in [3.05, 3.63) is 105 Å². The standard InChI is InChI=1S/C38H33Br5N4O8/c1-50-35-27(42)12-21-8-10-45-37(48)29(46-52-3)16-22-13-25(40)34(26(41)14-22)55-33-19-23(15-28(43)36(33)51-2)17-30(47-53-4)38(49)44-9-7-20-5-6-31(24(39)11-20)54-32(35)18-21/h5-7,9,11-15,18-19H,8,10,16-17H2,1-4H3,(H,44,49)(H,45,48)/b9-7+,46-29+,47-30+. The summed E-state index contributed by atoms with van der Waals surface area (Å²) in [6.07, 6.45) is 3.98. The summed E-state index contributed by atoms with van der Waals surface area (Å²) in [5.41, 5.74) is 3.35. The van der Waals surface area contributed by atoms with Crippen LogP contribution in [0.5, 0.6) is 34.5 Å². The molecule has 0 spiro atoms. The zero-order valence-corrected chi connectivity index (χ0v) is 37.7. The Morgan fingerprint density at radius 3 is 1.76 bits per heavy atom. The van der Waals surface area contributed by atoms with Gasteiger partial charge in [-0.05, 0) is 163 Å². The molecule has 0 radical (unpaired) electrons. The molecular weight excluding hydrogens is 1040 g/mol. The van der Waals surface area contributed by atoms with Gasteiger partial charge in [-0.15, -0.1) is 0 Å². The predicted molar refractivity (Wildman–Crippen MR) is 228 cm³/mol. The SMILES string of the molecule is CO/N=C1\Cc2cc(Br)c(OC)c(c2)Oc2c(Br)cc(cc2Br)C/C(=N\OC)C(=O)NCCc2cc(Br)c(OC)c(c2)Oc2ccc(cc2Br)/C=C/NC1=O. The van der Waals surface area contributed by atoms with Crippen LogP contribution in [-0.2, 0) is 38.5 Å². The van der Waals surface area contributed by atoms with Gasteiger partial charge in [-0.2, -0.15) is 0 Å². The molecule has 288 valence electrons. The van der Waals surface area contributed by atoms with Crippen molar-refractivity contribution >= 4 is 109 Å². The number of nitrogens with zero attached hydrogens (tertiary/aromatic N) is 2. The van der Waals surface area contributed by atoms with Crippen LogP contribution in [0.1, 0.15) is 22.3 Å². The fourth-order valence-corrected chi connectivity index (χ4v) is 8.64. The van der Waals surface area contributed by atoms with Gasteiger partial charge in [0, 0.05) is 25.6 Å². The summed E-state index contributed by atoms with van der Waals surface area (Å²) in [5.74, 6) is 1.87. The summed E-state index contributed by atoms with van der Waals surface area (Å²) >= 11 is 18.0. The van der Waals surface area contributed by atoms with Crippen LogP contribution in [0.4, 0.5) is 0 Å². The number of methoxy groups -OCH3 is 2. The lowest BCUT2D eigenvalue weighted by Gasteiger charge is -2.17. The lowest BCUT2D eigenvalue weighted by molar-refractivity contribution is -0.115. The van der Waals surface area contributed by atoms with E-state index in [2.05, 4.69) is 101 Å². The van der Waals surface area contributed by atoms with Crippen LogP contribution < -0.4 is 29.6 Å². The minimum Gasteiger partial charge on any atom is -0.492 e. The van der Waals surface area contributed by atoms with Crippen LogP contribution in [0.15, 0.2) is 93.5 Å². The molecular formula is C38H33Br5N4O8. The third kappa shape index (κ3) is 10.9. The van der Waals surface area contributed by atoms with Crippen molar-refractivity contribution in [1.82, 2.24) is 10.6 Å². The molecule has 0 fully saturated rings. The van der Waals surface area contributed by atoms with Crippen LogP contribution >= 0.6 is 79.6 Å². The smallest absolute Gasteiger partial charge is 0.273 e. The Morgan fingerprint density at radius 2 is 1.16 bits per heavy atom. The van der Waals surface area contributed by atoms with E-state index >= 15 is 0 Å². The first-order valence-electron chi connectivity index (χ1n) is 16.3. The fraction of sp³-hybridized carbons (Fsp3) is 0.211. The Hall–Kier alpha value is -3.90. The molecule has 2 amide bonds. The van der Waals surface area contributed by atoms with Crippen molar-refractivity contribution in [2.75, 3.05) is 35.0 Å². The van der Waals surface area contributed by atoms with E-state index in [4.69, 9.17) is 28.6 Å². The summed E-state index contributed by atoms with van der Waals surface area (Å²) in [7, 11) is 5.84. The molecule has 4 heterocycles. The highest BCUT2D eigenvalue weighted by atomic mass is 79.9. The van der Waals surface area contributed by atoms with E-state index in [1.165, 1.54) is 27.5 Å². The number of oxime groups is 2. The third-order valence-electron chi connectivity index (χ3n) is 7.85. The van der Waals surface area contributed by atoms with Crippen LogP contribution in [0.3, 0.4) is 0 Å². The monoisotopic (exact) mass is 1070 g/mol. The molecule has 0 saturated heterocycles. The lowest BCUT2D eigenvalue weighted by Crippen LogP contribution is -2.34. The van der Waals surface area contributed by atoms with Gasteiger partial charge < -0.3 is 39.3 Å². The highest BCUT2D eigenvalue weighted by Crippen LogP contribution is 2.44. The second-order valence-electron chi connectivity index (χ2n) is 11.6. The molecule has 0 aliphatic carbocycles. The summed E-state index contributed by atoms with van der Waals surface area (Å²) in [5, 5.41) is 13.7. The van der Waals surface area contributed by atoms with Gasteiger partial charge in [0.1, 0.15) is 31.4 Å².